The SMILES string of the molecule is CC(C)(C)CCNC(C)(C)C(=O)O. The first-order valence-corrected chi connectivity index (χ1v) is 4.63. The van der Waals surface area contributed by atoms with Crippen LogP contribution in [0, 0.1) is 5.41 Å². The molecular weight excluding hydrogens is 166 g/mol. The number of carbonyl (C=O) groups is 1. The van der Waals surface area contributed by atoms with Gasteiger partial charge in [0, 0.05) is 0 Å². The molecule has 0 aromatic rings. The molecule has 0 aromatic heterocycles. The van der Waals surface area contributed by atoms with Crippen molar-refractivity contribution in [3.8, 4) is 0 Å². The van der Waals surface area contributed by atoms with Gasteiger partial charge in [-0.2, -0.15) is 0 Å². The van der Waals surface area contributed by atoms with Gasteiger partial charge >= 0.3 is 5.97 Å². The number of nitrogens with one attached hydrogen (secondary N) is 1. The molecule has 0 bridgehead atoms. The van der Waals surface area contributed by atoms with Gasteiger partial charge in [-0.1, -0.05) is 20.8 Å². The van der Waals surface area contributed by atoms with Gasteiger partial charge in [0.05, 0.1) is 0 Å². The summed E-state index contributed by atoms with van der Waals surface area (Å²) in [6.45, 7) is 10.5. The van der Waals surface area contributed by atoms with Crippen molar-refractivity contribution in [2.75, 3.05) is 6.54 Å². The number of aliphatic carboxylic acids is 1. The second kappa shape index (κ2) is 4.09. The van der Waals surface area contributed by atoms with E-state index in [0.717, 1.165) is 13.0 Å². The zero-order valence-corrected chi connectivity index (χ0v) is 9.27. The van der Waals surface area contributed by atoms with Crippen molar-refractivity contribution in [1.29, 1.82) is 0 Å². The largest absolute Gasteiger partial charge is 0.480 e. The van der Waals surface area contributed by atoms with Crippen LogP contribution in [0.2, 0.25) is 0 Å². The zero-order valence-electron chi connectivity index (χ0n) is 9.27. The Labute approximate surface area is 80.5 Å². The molecule has 0 amide bonds. The van der Waals surface area contributed by atoms with Crippen LogP contribution in [-0.4, -0.2) is 23.2 Å². The highest BCUT2D eigenvalue weighted by Crippen LogP contribution is 2.17. The van der Waals surface area contributed by atoms with Crippen LogP contribution >= 0.6 is 0 Å². The fraction of sp³-hybridized carbons (Fsp3) is 0.900. The van der Waals surface area contributed by atoms with Gasteiger partial charge in [0.1, 0.15) is 5.54 Å². The first kappa shape index (κ1) is 12.4. The van der Waals surface area contributed by atoms with Crippen molar-refractivity contribution in [3.05, 3.63) is 0 Å². The van der Waals surface area contributed by atoms with E-state index in [-0.39, 0.29) is 5.41 Å². The first-order valence-electron chi connectivity index (χ1n) is 4.63. The lowest BCUT2D eigenvalue weighted by Gasteiger charge is -2.24. The maximum atomic E-state index is 10.7. The maximum absolute atomic E-state index is 10.7. The minimum absolute atomic E-state index is 0.252. The second-order valence-electron chi connectivity index (χ2n) is 5.17. The lowest BCUT2D eigenvalue weighted by Crippen LogP contribution is -2.47. The quantitative estimate of drug-likeness (QED) is 0.706. The van der Waals surface area contributed by atoms with Crippen LogP contribution in [0.5, 0.6) is 0 Å². The first-order chi connectivity index (χ1) is 5.65. The molecule has 0 fully saturated rings. The lowest BCUT2D eigenvalue weighted by molar-refractivity contribution is -0.143. The molecule has 0 aliphatic carbocycles. The van der Waals surface area contributed by atoms with Crippen LogP contribution in [0.4, 0.5) is 0 Å². The molecule has 0 saturated carbocycles. The van der Waals surface area contributed by atoms with E-state index >= 15 is 0 Å². The van der Waals surface area contributed by atoms with Gasteiger partial charge in [-0.25, -0.2) is 0 Å². The molecule has 3 heteroatoms. The summed E-state index contributed by atoms with van der Waals surface area (Å²) in [6.07, 6.45) is 0.976. The van der Waals surface area contributed by atoms with Gasteiger partial charge in [0.15, 0.2) is 0 Å². The van der Waals surface area contributed by atoms with E-state index < -0.39 is 11.5 Å². The molecule has 13 heavy (non-hydrogen) atoms. The highest BCUT2D eigenvalue weighted by molar-refractivity contribution is 5.77. The molecular formula is C10H21NO2. The molecule has 0 unspecified atom stereocenters. The third-order valence-corrected chi connectivity index (χ3v) is 1.98. The highest BCUT2D eigenvalue weighted by atomic mass is 16.4. The van der Waals surface area contributed by atoms with Crippen LogP contribution in [0.25, 0.3) is 0 Å². The molecule has 0 aliphatic rings. The topological polar surface area (TPSA) is 49.3 Å². The van der Waals surface area contributed by atoms with E-state index in [1.54, 1.807) is 13.8 Å². The summed E-state index contributed by atoms with van der Waals surface area (Å²) in [5.74, 6) is -0.804. The summed E-state index contributed by atoms with van der Waals surface area (Å²) >= 11 is 0. The van der Waals surface area contributed by atoms with Crippen LogP contribution < -0.4 is 5.32 Å². The Morgan fingerprint density at radius 1 is 1.23 bits per heavy atom. The van der Waals surface area contributed by atoms with Gasteiger partial charge < -0.3 is 10.4 Å². The maximum Gasteiger partial charge on any atom is 0.323 e. The number of hydrogen-bond acceptors (Lipinski definition) is 2. The van der Waals surface area contributed by atoms with E-state index in [2.05, 4.69) is 26.1 Å². The van der Waals surface area contributed by atoms with Crippen molar-refractivity contribution < 1.29 is 9.90 Å². The molecule has 0 saturated heterocycles. The van der Waals surface area contributed by atoms with Crippen LogP contribution in [0.3, 0.4) is 0 Å². The van der Waals surface area contributed by atoms with E-state index in [9.17, 15) is 4.79 Å². The second-order valence-corrected chi connectivity index (χ2v) is 5.17. The Kier molecular flexibility index (Phi) is 3.91. The standard InChI is InChI=1S/C10H21NO2/c1-9(2,3)6-7-11-10(4,5)8(12)13/h11H,6-7H2,1-5H3,(H,12,13). The number of carboxylic acid groups (broad SMARTS) is 1. The van der Waals surface area contributed by atoms with Crippen LogP contribution in [0.15, 0.2) is 0 Å². The summed E-state index contributed by atoms with van der Waals surface area (Å²) in [5.41, 5.74) is -0.563. The Balaban J connectivity index is 3.84. The van der Waals surface area contributed by atoms with Gasteiger partial charge in [-0.15, -0.1) is 0 Å². The predicted octanol–water partition coefficient (Wildman–Crippen LogP) is 1.88. The molecule has 0 spiro atoms. The summed E-state index contributed by atoms with van der Waals surface area (Å²) in [7, 11) is 0. The number of carboxylic acids is 1. The monoisotopic (exact) mass is 187 g/mol. The van der Waals surface area contributed by atoms with Gasteiger partial charge in [-0.05, 0) is 32.2 Å². The summed E-state index contributed by atoms with van der Waals surface area (Å²) in [6, 6.07) is 0. The Morgan fingerprint density at radius 2 is 1.69 bits per heavy atom. The minimum atomic E-state index is -0.814. The fourth-order valence-corrected chi connectivity index (χ4v) is 0.826. The van der Waals surface area contributed by atoms with Gasteiger partial charge in [-0.3, -0.25) is 4.79 Å². The minimum Gasteiger partial charge on any atom is -0.480 e. The molecule has 0 aliphatic heterocycles. The van der Waals surface area contributed by atoms with Crippen molar-refractivity contribution in [2.45, 2.75) is 46.6 Å². The van der Waals surface area contributed by atoms with Crippen molar-refractivity contribution >= 4 is 5.97 Å². The highest BCUT2D eigenvalue weighted by Gasteiger charge is 2.26. The van der Waals surface area contributed by atoms with Gasteiger partial charge in [0.25, 0.3) is 0 Å². The Hall–Kier alpha value is -0.570. The molecule has 78 valence electrons. The van der Waals surface area contributed by atoms with E-state index in [1.807, 2.05) is 0 Å². The van der Waals surface area contributed by atoms with Crippen LogP contribution in [0.1, 0.15) is 41.0 Å². The van der Waals surface area contributed by atoms with E-state index in [4.69, 9.17) is 5.11 Å². The molecule has 0 heterocycles. The number of hydrogen-bond donors (Lipinski definition) is 2. The molecule has 0 atom stereocenters. The number of rotatable bonds is 4. The lowest BCUT2D eigenvalue weighted by atomic mass is 9.92. The summed E-state index contributed by atoms with van der Waals surface area (Å²) in [4.78, 5) is 10.7. The molecule has 2 N–H and O–H groups in total. The Bertz CT molecular complexity index is 180. The van der Waals surface area contributed by atoms with Gasteiger partial charge in [0.2, 0.25) is 0 Å². The van der Waals surface area contributed by atoms with E-state index in [0.29, 0.717) is 0 Å². The Morgan fingerprint density at radius 3 is 2.00 bits per heavy atom. The van der Waals surface area contributed by atoms with Crippen molar-refractivity contribution in [2.24, 2.45) is 5.41 Å². The van der Waals surface area contributed by atoms with Crippen molar-refractivity contribution in [3.63, 3.8) is 0 Å². The zero-order chi connectivity index (χ0) is 10.7. The molecule has 0 rings (SSSR count). The van der Waals surface area contributed by atoms with Crippen LogP contribution in [-0.2, 0) is 4.79 Å². The average Bonchev–Trinajstić information content (AvgIpc) is 1.82. The average molecular weight is 187 g/mol. The smallest absolute Gasteiger partial charge is 0.323 e. The molecule has 0 aromatic carbocycles. The summed E-state index contributed by atoms with van der Waals surface area (Å²) in [5, 5.41) is 11.8. The molecule has 3 nitrogen and oxygen atoms in total. The third-order valence-electron chi connectivity index (χ3n) is 1.98. The predicted molar refractivity (Wildman–Crippen MR) is 53.8 cm³/mol. The third kappa shape index (κ3) is 5.64. The van der Waals surface area contributed by atoms with Crippen molar-refractivity contribution in [1.82, 2.24) is 5.32 Å². The molecule has 0 radical (unpaired) electrons. The normalized spacial score (nSPS) is 13.0. The fourth-order valence-electron chi connectivity index (χ4n) is 0.826. The van der Waals surface area contributed by atoms with E-state index in [1.165, 1.54) is 0 Å². The summed E-state index contributed by atoms with van der Waals surface area (Å²) < 4.78 is 0.